The second-order valence-electron chi connectivity index (χ2n) is 9.68. The number of anilines is 4. The summed E-state index contributed by atoms with van der Waals surface area (Å²) in [6.45, 7) is 14.1. The van der Waals surface area contributed by atoms with Crippen LogP contribution in [0.15, 0.2) is 40.7 Å². The molecule has 0 saturated carbocycles. The smallest absolute Gasteiger partial charge is 0.231 e. The maximum Gasteiger partial charge on any atom is 0.231 e. The van der Waals surface area contributed by atoms with Gasteiger partial charge in [-0.1, -0.05) is 39.0 Å². The molecule has 0 bridgehead atoms. The molecule has 3 rings (SSSR count). The van der Waals surface area contributed by atoms with Gasteiger partial charge in [0.1, 0.15) is 0 Å². The third kappa shape index (κ3) is 8.71. The van der Waals surface area contributed by atoms with Crippen LogP contribution in [0.5, 0.6) is 0 Å². The van der Waals surface area contributed by atoms with Crippen LogP contribution in [0.4, 0.5) is 34.4 Å². The van der Waals surface area contributed by atoms with Gasteiger partial charge in [0.25, 0.3) is 0 Å². The van der Waals surface area contributed by atoms with Crippen LogP contribution in [0.2, 0.25) is 0 Å². The fraction of sp³-hybridized carbons (Fsp3) is 0.520. The minimum absolute atomic E-state index is 0.236. The van der Waals surface area contributed by atoms with Gasteiger partial charge in [0.15, 0.2) is 0 Å². The molecule has 0 aliphatic heterocycles. The van der Waals surface area contributed by atoms with Gasteiger partial charge in [-0.05, 0) is 49.4 Å². The maximum atomic E-state index is 6.00. The van der Waals surface area contributed by atoms with E-state index < -0.39 is 0 Å². The van der Waals surface area contributed by atoms with Gasteiger partial charge >= 0.3 is 0 Å². The predicted octanol–water partition coefficient (Wildman–Crippen LogP) is 5.69. The van der Waals surface area contributed by atoms with Gasteiger partial charge in [-0.15, -0.1) is 10.2 Å². The first kappa shape index (κ1) is 27.3. The second kappa shape index (κ2) is 13.1. The van der Waals surface area contributed by atoms with E-state index in [1.165, 1.54) is 11.3 Å². The van der Waals surface area contributed by atoms with Crippen LogP contribution in [0.25, 0.3) is 0 Å². The molecule has 3 aromatic rings. The van der Waals surface area contributed by atoms with E-state index in [1.54, 1.807) is 6.20 Å². The van der Waals surface area contributed by atoms with Gasteiger partial charge in [-0.3, -0.25) is 0 Å². The molecule has 0 radical (unpaired) electrons. The molecule has 0 atom stereocenters. The number of nitrogen functional groups attached to an aromatic ring is 1. The average Bonchev–Trinajstić information content (AvgIpc) is 3.24. The number of nitrogens with zero attached hydrogens (tertiary/aromatic N) is 8. The predicted molar refractivity (Wildman–Crippen MR) is 150 cm³/mol. The first-order valence-corrected chi connectivity index (χ1v) is 13.2. The van der Waals surface area contributed by atoms with Crippen molar-refractivity contribution in [3.8, 4) is 0 Å². The molecule has 0 amide bonds. The number of nitrogens with two attached hydrogens (primary N) is 1. The number of thiazole rings is 1. The van der Waals surface area contributed by atoms with Gasteiger partial charge in [-0.2, -0.15) is 15.0 Å². The third-order valence-electron chi connectivity index (χ3n) is 5.20. The zero-order valence-electron chi connectivity index (χ0n) is 22.1. The van der Waals surface area contributed by atoms with Gasteiger partial charge < -0.3 is 20.9 Å². The van der Waals surface area contributed by atoms with Crippen LogP contribution >= 0.6 is 11.3 Å². The molecule has 2 aromatic heterocycles. The van der Waals surface area contributed by atoms with Crippen molar-refractivity contribution >= 4 is 45.7 Å². The summed E-state index contributed by atoms with van der Waals surface area (Å²) in [6.07, 6.45) is 2.71. The summed E-state index contributed by atoms with van der Waals surface area (Å²) < 4.78 is 0. The molecule has 0 fully saturated rings. The van der Waals surface area contributed by atoms with E-state index in [0.717, 1.165) is 48.9 Å². The van der Waals surface area contributed by atoms with E-state index in [1.807, 2.05) is 31.2 Å². The average molecular weight is 511 g/mol. The van der Waals surface area contributed by atoms with Crippen LogP contribution in [0, 0.1) is 18.8 Å². The Morgan fingerprint density at radius 3 is 2.31 bits per heavy atom. The number of azo groups is 1. The molecule has 0 spiro atoms. The van der Waals surface area contributed by atoms with Crippen molar-refractivity contribution in [1.29, 1.82) is 0 Å². The third-order valence-corrected chi connectivity index (χ3v) is 6.00. The standard InChI is InChI=1S/C25H38N10S/c1-17(2)15-35(16-18(3)4)24-30-22(26)29-23(31-24)27-12-7-13-34(6)21-10-8-20(9-11-21)32-33-25-28-14-19(5)36-25/h8-11,14,17-18H,7,12-13,15-16H2,1-6H3,(H3,26,27,29,30,31). The van der Waals surface area contributed by atoms with Gasteiger partial charge in [0, 0.05) is 50.0 Å². The Hall–Kier alpha value is -3.34. The summed E-state index contributed by atoms with van der Waals surface area (Å²) in [5, 5.41) is 12.4. The number of aryl methyl sites for hydroxylation is 1. The first-order chi connectivity index (χ1) is 17.2. The van der Waals surface area contributed by atoms with Crippen molar-refractivity contribution < 1.29 is 0 Å². The van der Waals surface area contributed by atoms with E-state index in [9.17, 15) is 0 Å². The molecule has 36 heavy (non-hydrogen) atoms. The monoisotopic (exact) mass is 510 g/mol. The SMILES string of the molecule is Cc1cnc(N=Nc2ccc(N(C)CCCNc3nc(N)nc(N(CC(C)C)CC(C)C)n3)cc2)s1. The summed E-state index contributed by atoms with van der Waals surface area (Å²) in [6, 6.07) is 8.02. The molecular formula is C25H38N10S. The highest BCUT2D eigenvalue weighted by Gasteiger charge is 2.15. The lowest BCUT2D eigenvalue weighted by Crippen LogP contribution is -2.33. The molecule has 0 unspecified atom stereocenters. The van der Waals surface area contributed by atoms with Crippen molar-refractivity contribution in [2.24, 2.45) is 22.1 Å². The number of benzene rings is 1. The second-order valence-corrected chi connectivity index (χ2v) is 10.9. The van der Waals surface area contributed by atoms with Crippen molar-refractivity contribution in [3.05, 3.63) is 35.3 Å². The van der Waals surface area contributed by atoms with Crippen LogP contribution in [-0.4, -0.2) is 53.2 Å². The summed E-state index contributed by atoms with van der Waals surface area (Å²) >= 11 is 1.52. The lowest BCUT2D eigenvalue weighted by Gasteiger charge is -2.26. The number of hydrogen-bond donors (Lipinski definition) is 2. The molecular weight excluding hydrogens is 472 g/mol. The van der Waals surface area contributed by atoms with Crippen LogP contribution in [0.3, 0.4) is 0 Å². The Morgan fingerprint density at radius 1 is 1.00 bits per heavy atom. The summed E-state index contributed by atoms with van der Waals surface area (Å²) in [5.74, 6) is 2.37. The van der Waals surface area contributed by atoms with Crippen molar-refractivity contribution in [2.75, 3.05) is 54.1 Å². The highest BCUT2D eigenvalue weighted by Crippen LogP contribution is 2.24. The summed E-state index contributed by atoms with van der Waals surface area (Å²) in [7, 11) is 2.07. The molecule has 0 aliphatic carbocycles. The van der Waals surface area contributed by atoms with Crippen LogP contribution in [0.1, 0.15) is 39.0 Å². The largest absolute Gasteiger partial charge is 0.375 e. The molecule has 2 heterocycles. The minimum atomic E-state index is 0.236. The molecule has 0 aliphatic rings. The topological polar surface area (TPSA) is 121 Å². The number of nitrogens with one attached hydrogen (secondary N) is 1. The minimum Gasteiger partial charge on any atom is -0.375 e. The Labute approximate surface area is 218 Å². The molecule has 194 valence electrons. The Kier molecular flexibility index (Phi) is 9.92. The van der Waals surface area contributed by atoms with Crippen LogP contribution in [-0.2, 0) is 0 Å². The summed E-state index contributed by atoms with van der Waals surface area (Å²) in [4.78, 5) is 23.0. The van der Waals surface area contributed by atoms with E-state index in [4.69, 9.17) is 5.73 Å². The summed E-state index contributed by atoms with van der Waals surface area (Å²) in [5.41, 5.74) is 7.92. The Morgan fingerprint density at radius 2 is 1.69 bits per heavy atom. The maximum absolute atomic E-state index is 6.00. The zero-order valence-corrected chi connectivity index (χ0v) is 23.0. The van der Waals surface area contributed by atoms with E-state index in [0.29, 0.717) is 28.9 Å². The van der Waals surface area contributed by atoms with E-state index in [2.05, 4.69) is 80.0 Å². The van der Waals surface area contributed by atoms with Gasteiger partial charge in [0.05, 0.1) is 5.69 Å². The van der Waals surface area contributed by atoms with Crippen molar-refractivity contribution in [2.45, 2.75) is 41.0 Å². The number of rotatable bonds is 13. The highest BCUT2D eigenvalue weighted by atomic mass is 32.1. The Bertz CT molecular complexity index is 1100. The molecule has 3 N–H and O–H groups in total. The normalized spacial score (nSPS) is 11.6. The van der Waals surface area contributed by atoms with Crippen molar-refractivity contribution in [3.63, 3.8) is 0 Å². The highest BCUT2D eigenvalue weighted by molar-refractivity contribution is 7.15. The quantitative estimate of drug-likeness (QED) is 0.222. The lowest BCUT2D eigenvalue weighted by atomic mass is 10.1. The first-order valence-electron chi connectivity index (χ1n) is 12.4. The fourth-order valence-electron chi connectivity index (χ4n) is 3.63. The Balaban J connectivity index is 1.50. The zero-order chi connectivity index (χ0) is 26.1. The molecule has 0 saturated heterocycles. The van der Waals surface area contributed by atoms with E-state index in [-0.39, 0.29) is 5.95 Å². The van der Waals surface area contributed by atoms with Crippen LogP contribution < -0.4 is 20.9 Å². The van der Waals surface area contributed by atoms with Crippen molar-refractivity contribution in [1.82, 2.24) is 19.9 Å². The fourth-order valence-corrected chi connectivity index (χ4v) is 4.21. The molecule has 11 heteroatoms. The molecule has 10 nitrogen and oxygen atoms in total. The number of hydrogen-bond acceptors (Lipinski definition) is 11. The van der Waals surface area contributed by atoms with Gasteiger partial charge in [-0.25, -0.2) is 4.98 Å². The lowest BCUT2D eigenvalue weighted by molar-refractivity contribution is 0.544. The van der Waals surface area contributed by atoms with Gasteiger partial charge in [0.2, 0.25) is 23.0 Å². The number of aromatic nitrogens is 4. The molecule has 1 aromatic carbocycles. The van der Waals surface area contributed by atoms with E-state index >= 15 is 0 Å².